The van der Waals surface area contributed by atoms with Crippen LogP contribution in [0, 0.1) is 6.92 Å². The van der Waals surface area contributed by atoms with E-state index in [1.165, 1.54) is 0 Å². The highest BCUT2D eigenvalue weighted by molar-refractivity contribution is 5.65. The van der Waals surface area contributed by atoms with Crippen molar-refractivity contribution in [1.29, 1.82) is 0 Å². The summed E-state index contributed by atoms with van der Waals surface area (Å²) in [6.07, 6.45) is 0. The smallest absolute Gasteiger partial charge is 0.116 e. The van der Waals surface area contributed by atoms with E-state index in [2.05, 4.69) is 10.3 Å². The van der Waals surface area contributed by atoms with Crippen molar-refractivity contribution in [3.05, 3.63) is 30.0 Å². The first kappa shape index (κ1) is 8.74. The quantitative estimate of drug-likeness (QED) is 0.688. The molecular formula is C10H12N4. The van der Waals surface area contributed by atoms with E-state index in [1.54, 1.807) is 4.68 Å². The first-order chi connectivity index (χ1) is 6.68. The Balaban J connectivity index is 2.55. The van der Waals surface area contributed by atoms with Crippen LogP contribution < -0.4 is 5.73 Å². The fourth-order valence-electron chi connectivity index (χ4n) is 1.36. The van der Waals surface area contributed by atoms with Crippen LogP contribution in [-0.2, 0) is 7.05 Å². The zero-order valence-electron chi connectivity index (χ0n) is 8.23. The molecule has 0 spiro atoms. The molecule has 0 aliphatic heterocycles. The van der Waals surface area contributed by atoms with Gasteiger partial charge in [0.1, 0.15) is 5.69 Å². The Morgan fingerprint density at radius 1 is 1.36 bits per heavy atom. The molecule has 2 rings (SSSR count). The maximum absolute atomic E-state index is 5.70. The molecule has 0 radical (unpaired) electrons. The normalized spacial score (nSPS) is 10.4. The molecule has 2 aromatic rings. The van der Waals surface area contributed by atoms with Crippen LogP contribution in [0.1, 0.15) is 5.69 Å². The van der Waals surface area contributed by atoms with Crippen molar-refractivity contribution >= 4 is 5.69 Å². The highest BCUT2D eigenvalue weighted by atomic mass is 15.4. The topological polar surface area (TPSA) is 56.7 Å². The highest BCUT2D eigenvalue weighted by Crippen LogP contribution is 2.21. The Hall–Kier alpha value is -1.84. The van der Waals surface area contributed by atoms with Crippen LogP contribution in [0.2, 0.25) is 0 Å². The van der Waals surface area contributed by atoms with Crippen LogP contribution >= 0.6 is 0 Å². The lowest BCUT2D eigenvalue weighted by atomic mass is 10.1. The average Bonchev–Trinajstić information content (AvgIpc) is 2.48. The van der Waals surface area contributed by atoms with Gasteiger partial charge in [-0.05, 0) is 19.1 Å². The van der Waals surface area contributed by atoms with E-state index in [0.29, 0.717) is 0 Å². The summed E-state index contributed by atoms with van der Waals surface area (Å²) >= 11 is 0. The summed E-state index contributed by atoms with van der Waals surface area (Å²) in [5, 5.41) is 8.03. The van der Waals surface area contributed by atoms with E-state index >= 15 is 0 Å². The monoisotopic (exact) mass is 188 g/mol. The zero-order valence-corrected chi connectivity index (χ0v) is 8.23. The number of aromatic nitrogens is 3. The third kappa shape index (κ3) is 1.35. The second-order valence-corrected chi connectivity index (χ2v) is 3.27. The summed E-state index contributed by atoms with van der Waals surface area (Å²) < 4.78 is 1.75. The van der Waals surface area contributed by atoms with Crippen LogP contribution in [0.3, 0.4) is 0 Å². The van der Waals surface area contributed by atoms with E-state index < -0.39 is 0 Å². The van der Waals surface area contributed by atoms with E-state index in [0.717, 1.165) is 22.6 Å². The van der Waals surface area contributed by atoms with Gasteiger partial charge in [0.2, 0.25) is 0 Å². The van der Waals surface area contributed by atoms with Gasteiger partial charge in [-0.15, -0.1) is 5.10 Å². The number of nitrogens with zero attached hydrogens (tertiary/aromatic N) is 3. The molecule has 0 unspecified atom stereocenters. The predicted molar refractivity (Wildman–Crippen MR) is 55.6 cm³/mol. The molecule has 0 saturated heterocycles. The minimum absolute atomic E-state index is 0.743. The molecule has 4 heteroatoms. The molecule has 1 aromatic carbocycles. The fraction of sp³-hybridized carbons (Fsp3) is 0.200. The summed E-state index contributed by atoms with van der Waals surface area (Å²) in [6.45, 7) is 1.98. The maximum Gasteiger partial charge on any atom is 0.116 e. The Labute approximate surface area is 82.4 Å². The van der Waals surface area contributed by atoms with Gasteiger partial charge in [0.25, 0.3) is 0 Å². The van der Waals surface area contributed by atoms with Crippen LogP contribution in [0.25, 0.3) is 11.3 Å². The molecule has 0 bridgehead atoms. The first-order valence-electron chi connectivity index (χ1n) is 4.40. The minimum Gasteiger partial charge on any atom is -0.399 e. The summed E-state index contributed by atoms with van der Waals surface area (Å²) in [7, 11) is 1.87. The molecule has 0 fully saturated rings. The fourth-order valence-corrected chi connectivity index (χ4v) is 1.36. The Morgan fingerprint density at radius 3 is 2.71 bits per heavy atom. The molecule has 2 N–H and O–H groups in total. The molecule has 1 heterocycles. The average molecular weight is 188 g/mol. The van der Waals surface area contributed by atoms with E-state index in [1.807, 2.05) is 38.2 Å². The van der Waals surface area contributed by atoms with Gasteiger partial charge in [-0.25, -0.2) is 0 Å². The third-order valence-electron chi connectivity index (χ3n) is 2.27. The van der Waals surface area contributed by atoms with Crippen molar-refractivity contribution in [2.45, 2.75) is 6.92 Å². The third-order valence-corrected chi connectivity index (χ3v) is 2.27. The van der Waals surface area contributed by atoms with Crippen LogP contribution in [0.15, 0.2) is 24.3 Å². The van der Waals surface area contributed by atoms with E-state index in [-0.39, 0.29) is 0 Å². The molecule has 0 saturated carbocycles. The van der Waals surface area contributed by atoms with Crippen molar-refractivity contribution in [3.8, 4) is 11.3 Å². The molecule has 4 nitrogen and oxygen atoms in total. The van der Waals surface area contributed by atoms with Crippen molar-refractivity contribution in [1.82, 2.24) is 15.0 Å². The van der Waals surface area contributed by atoms with Gasteiger partial charge in [0.15, 0.2) is 0 Å². The molecule has 0 aliphatic carbocycles. The number of aryl methyl sites for hydroxylation is 1. The Morgan fingerprint density at radius 2 is 2.14 bits per heavy atom. The van der Waals surface area contributed by atoms with Crippen LogP contribution in [0.4, 0.5) is 5.69 Å². The lowest BCUT2D eigenvalue weighted by Crippen LogP contribution is -1.92. The van der Waals surface area contributed by atoms with E-state index in [4.69, 9.17) is 5.73 Å². The number of anilines is 1. The number of nitrogen functional groups attached to an aromatic ring is 1. The largest absolute Gasteiger partial charge is 0.399 e. The SMILES string of the molecule is Cc1c(-c2cccc(N)c2)nnn1C. The van der Waals surface area contributed by atoms with E-state index in [9.17, 15) is 0 Å². The van der Waals surface area contributed by atoms with Crippen LogP contribution in [-0.4, -0.2) is 15.0 Å². The maximum atomic E-state index is 5.70. The molecule has 0 amide bonds. The van der Waals surface area contributed by atoms with Gasteiger partial charge in [0.05, 0.1) is 5.69 Å². The standard InChI is InChI=1S/C10H12N4/c1-7-10(12-13-14(7)2)8-4-3-5-9(11)6-8/h3-6H,11H2,1-2H3. The summed E-state index contributed by atoms with van der Waals surface area (Å²) in [4.78, 5) is 0. The number of rotatable bonds is 1. The lowest BCUT2D eigenvalue weighted by Gasteiger charge is -1.99. The van der Waals surface area contributed by atoms with Gasteiger partial charge in [-0.2, -0.15) is 0 Å². The second-order valence-electron chi connectivity index (χ2n) is 3.27. The first-order valence-corrected chi connectivity index (χ1v) is 4.40. The zero-order chi connectivity index (χ0) is 10.1. The lowest BCUT2D eigenvalue weighted by molar-refractivity contribution is 0.696. The second kappa shape index (κ2) is 3.14. The number of nitrogens with two attached hydrogens (primary N) is 1. The van der Waals surface area contributed by atoms with Gasteiger partial charge in [0, 0.05) is 18.3 Å². The van der Waals surface area contributed by atoms with Crippen molar-refractivity contribution < 1.29 is 0 Å². The van der Waals surface area contributed by atoms with Gasteiger partial charge >= 0.3 is 0 Å². The molecule has 0 aliphatic rings. The summed E-state index contributed by atoms with van der Waals surface area (Å²) in [6, 6.07) is 7.65. The minimum atomic E-state index is 0.743. The van der Waals surface area contributed by atoms with Gasteiger partial charge in [-0.1, -0.05) is 17.3 Å². The van der Waals surface area contributed by atoms with Crippen LogP contribution in [0.5, 0.6) is 0 Å². The Kier molecular flexibility index (Phi) is 1.96. The summed E-state index contributed by atoms with van der Waals surface area (Å²) in [5.41, 5.74) is 9.38. The molecule has 72 valence electrons. The predicted octanol–water partition coefficient (Wildman–Crippen LogP) is 1.37. The molecular weight excluding hydrogens is 176 g/mol. The highest BCUT2D eigenvalue weighted by Gasteiger charge is 2.07. The molecule has 14 heavy (non-hydrogen) atoms. The van der Waals surface area contributed by atoms with Crippen molar-refractivity contribution in [3.63, 3.8) is 0 Å². The van der Waals surface area contributed by atoms with Crippen molar-refractivity contribution in [2.75, 3.05) is 5.73 Å². The number of benzene rings is 1. The molecule has 0 atom stereocenters. The van der Waals surface area contributed by atoms with Gasteiger partial charge < -0.3 is 5.73 Å². The number of hydrogen-bond acceptors (Lipinski definition) is 3. The van der Waals surface area contributed by atoms with Gasteiger partial charge in [-0.3, -0.25) is 4.68 Å². The molecule has 1 aromatic heterocycles. The summed E-state index contributed by atoms with van der Waals surface area (Å²) in [5.74, 6) is 0. The number of hydrogen-bond donors (Lipinski definition) is 1. The van der Waals surface area contributed by atoms with Crippen molar-refractivity contribution in [2.24, 2.45) is 7.05 Å². The Bertz CT molecular complexity index is 459.